The van der Waals surface area contributed by atoms with Crippen molar-refractivity contribution in [3.8, 4) is 0 Å². The highest BCUT2D eigenvalue weighted by atomic mass is 16.3. The largest absolute Gasteiger partial charge is 0.393 e. The van der Waals surface area contributed by atoms with Crippen LogP contribution in [0.5, 0.6) is 0 Å². The van der Waals surface area contributed by atoms with Crippen LogP contribution >= 0.6 is 0 Å². The zero-order chi connectivity index (χ0) is 21.0. The van der Waals surface area contributed by atoms with Crippen LogP contribution in [0.3, 0.4) is 0 Å². The molecule has 4 aliphatic rings. The molecule has 3 fully saturated rings. The van der Waals surface area contributed by atoms with Crippen molar-refractivity contribution < 1.29 is 10.2 Å². The number of aliphatic hydroxyl groups excluding tert-OH is 1. The molecule has 0 aromatic heterocycles. The molecule has 164 valence electrons. The molecule has 0 amide bonds. The van der Waals surface area contributed by atoms with Crippen LogP contribution in [0.15, 0.2) is 23.3 Å². The van der Waals surface area contributed by atoms with Crippen LogP contribution in [0, 0.1) is 34.5 Å². The van der Waals surface area contributed by atoms with Crippen LogP contribution < -0.4 is 0 Å². The smallest absolute Gasteiger partial charge is 0.0653 e. The maximum Gasteiger partial charge on any atom is 0.0653 e. The molecule has 2 N–H and O–H groups in total. The molecule has 0 aromatic rings. The first kappa shape index (κ1) is 21.6. The van der Waals surface area contributed by atoms with E-state index in [9.17, 15) is 10.2 Å². The van der Waals surface area contributed by atoms with Gasteiger partial charge in [0.2, 0.25) is 0 Å². The molecular formula is C27H44O2. The molecule has 0 spiro atoms. The lowest BCUT2D eigenvalue weighted by Crippen LogP contribution is -2.49. The normalized spacial score (nSPS) is 43.7. The third kappa shape index (κ3) is 3.57. The number of hydrogen-bond acceptors (Lipinski definition) is 2. The molecule has 29 heavy (non-hydrogen) atoms. The third-order valence-electron chi connectivity index (χ3n) is 9.76. The highest BCUT2D eigenvalue weighted by Crippen LogP contribution is 2.66. The fraction of sp³-hybridized carbons (Fsp3) is 0.852. The van der Waals surface area contributed by atoms with E-state index >= 15 is 0 Å². The van der Waals surface area contributed by atoms with Gasteiger partial charge in [-0.2, -0.15) is 0 Å². The summed E-state index contributed by atoms with van der Waals surface area (Å²) in [6.45, 7) is 11.7. The molecule has 0 heterocycles. The van der Waals surface area contributed by atoms with Crippen molar-refractivity contribution in [2.75, 3.05) is 0 Å². The second-order valence-corrected chi connectivity index (χ2v) is 12.1. The zero-order valence-corrected chi connectivity index (χ0v) is 19.5. The summed E-state index contributed by atoms with van der Waals surface area (Å²) in [5, 5.41) is 21.7. The molecule has 4 rings (SSSR count). The molecule has 2 nitrogen and oxygen atoms in total. The lowest BCUT2D eigenvalue weighted by Gasteiger charge is -2.55. The van der Waals surface area contributed by atoms with E-state index in [2.05, 4.69) is 46.8 Å². The van der Waals surface area contributed by atoms with E-state index in [4.69, 9.17) is 0 Å². The second-order valence-electron chi connectivity index (χ2n) is 12.1. The summed E-state index contributed by atoms with van der Waals surface area (Å²) in [4.78, 5) is 0. The molecule has 0 aliphatic heterocycles. The minimum Gasteiger partial charge on any atom is -0.393 e. The first-order valence-electron chi connectivity index (χ1n) is 12.4. The van der Waals surface area contributed by atoms with Crippen molar-refractivity contribution >= 4 is 0 Å². The summed E-state index contributed by atoms with van der Waals surface area (Å²) < 4.78 is 0. The maximum atomic E-state index is 11.5. The molecule has 0 saturated heterocycles. The molecule has 0 unspecified atom stereocenters. The van der Waals surface area contributed by atoms with Crippen molar-refractivity contribution in [3.05, 3.63) is 23.3 Å². The summed E-state index contributed by atoms with van der Waals surface area (Å²) in [6, 6.07) is 0. The Labute approximate surface area is 178 Å². The Morgan fingerprint density at radius 2 is 1.83 bits per heavy atom. The molecule has 3 saturated carbocycles. The van der Waals surface area contributed by atoms with E-state index in [1.165, 1.54) is 37.7 Å². The third-order valence-corrected chi connectivity index (χ3v) is 9.76. The van der Waals surface area contributed by atoms with E-state index in [1.54, 1.807) is 5.57 Å². The number of rotatable bonds is 5. The van der Waals surface area contributed by atoms with Gasteiger partial charge in [-0.05, 0) is 92.8 Å². The standard InChI is InChI=1S/C27H44O2/c1-18(2)7-6-14-27(5,29)24-11-10-22-21-9-8-19-17-20(28)12-15-25(19,3)23(21)13-16-26(22,24)4/h8-9,18,20,22-24,28-29H,6-7,10-17H2,1-5H3/t20-,22-,23-,24-,25-,26-,27+/m0/s1. The van der Waals surface area contributed by atoms with E-state index in [-0.39, 0.29) is 16.9 Å². The van der Waals surface area contributed by atoms with Crippen LogP contribution in [0.25, 0.3) is 0 Å². The fourth-order valence-corrected chi connectivity index (χ4v) is 8.05. The van der Waals surface area contributed by atoms with Gasteiger partial charge in [-0.15, -0.1) is 0 Å². The molecule has 0 radical (unpaired) electrons. The minimum absolute atomic E-state index is 0.144. The van der Waals surface area contributed by atoms with Crippen molar-refractivity contribution in [2.45, 2.75) is 111 Å². The van der Waals surface area contributed by atoms with Gasteiger partial charge in [0.15, 0.2) is 0 Å². The molecule has 2 heteroatoms. The molecule has 0 aromatic carbocycles. The van der Waals surface area contributed by atoms with Gasteiger partial charge in [-0.3, -0.25) is 0 Å². The average Bonchev–Trinajstić information content (AvgIpc) is 3.00. The SMILES string of the molecule is CC(C)CCC[C@@](C)(O)[C@H]1CC[C@H]2C3=CC=C4C[C@@H](O)CC[C@]4(C)[C@H]3CC[C@@]21C. The summed E-state index contributed by atoms with van der Waals surface area (Å²) in [7, 11) is 0. The van der Waals surface area contributed by atoms with Crippen molar-refractivity contribution in [3.63, 3.8) is 0 Å². The fourth-order valence-electron chi connectivity index (χ4n) is 8.05. The Bertz CT molecular complexity index is 687. The summed E-state index contributed by atoms with van der Waals surface area (Å²) >= 11 is 0. The van der Waals surface area contributed by atoms with Gasteiger partial charge >= 0.3 is 0 Å². The average molecular weight is 401 g/mol. The van der Waals surface area contributed by atoms with E-state index < -0.39 is 5.60 Å². The van der Waals surface area contributed by atoms with Gasteiger partial charge < -0.3 is 10.2 Å². The van der Waals surface area contributed by atoms with Crippen molar-refractivity contribution in [1.82, 2.24) is 0 Å². The van der Waals surface area contributed by atoms with Gasteiger partial charge in [0, 0.05) is 0 Å². The van der Waals surface area contributed by atoms with Gasteiger partial charge in [0.05, 0.1) is 11.7 Å². The Hall–Kier alpha value is -0.600. The van der Waals surface area contributed by atoms with E-state index in [1.807, 2.05) is 0 Å². The van der Waals surface area contributed by atoms with Gasteiger partial charge in [0.1, 0.15) is 0 Å². The lowest BCUT2D eigenvalue weighted by molar-refractivity contribution is -0.0726. The summed E-state index contributed by atoms with van der Waals surface area (Å²) in [5.41, 5.74) is 3.12. The topological polar surface area (TPSA) is 40.5 Å². The highest BCUT2D eigenvalue weighted by Gasteiger charge is 2.59. The monoisotopic (exact) mass is 400 g/mol. The second kappa shape index (κ2) is 7.52. The van der Waals surface area contributed by atoms with Crippen molar-refractivity contribution in [2.24, 2.45) is 34.5 Å². The van der Waals surface area contributed by atoms with Gasteiger partial charge in [-0.25, -0.2) is 0 Å². The van der Waals surface area contributed by atoms with Crippen LogP contribution in [-0.4, -0.2) is 21.9 Å². The van der Waals surface area contributed by atoms with Crippen LogP contribution in [-0.2, 0) is 0 Å². The van der Waals surface area contributed by atoms with Gasteiger partial charge in [-0.1, -0.05) is 63.8 Å². The molecule has 4 aliphatic carbocycles. The van der Waals surface area contributed by atoms with Crippen LogP contribution in [0.1, 0.15) is 98.8 Å². The first-order valence-corrected chi connectivity index (χ1v) is 12.4. The minimum atomic E-state index is -0.541. The Balaban J connectivity index is 1.57. The van der Waals surface area contributed by atoms with E-state index in [0.717, 1.165) is 38.0 Å². The number of allylic oxidation sites excluding steroid dienone is 3. The molecular weight excluding hydrogens is 356 g/mol. The number of hydrogen-bond donors (Lipinski definition) is 2. The Kier molecular flexibility index (Phi) is 5.61. The lowest BCUT2D eigenvalue weighted by atomic mass is 9.49. The zero-order valence-electron chi connectivity index (χ0n) is 19.5. The van der Waals surface area contributed by atoms with Crippen molar-refractivity contribution in [1.29, 1.82) is 0 Å². The van der Waals surface area contributed by atoms with Crippen LogP contribution in [0.2, 0.25) is 0 Å². The highest BCUT2D eigenvalue weighted by molar-refractivity contribution is 5.39. The Morgan fingerprint density at radius 1 is 1.07 bits per heavy atom. The van der Waals surface area contributed by atoms with E-state index in [0.29, 0.717) is 17.8 Å². The number of aliphatic hydroxyl groups is 2. The summed E-state index contributed by atoms with van der Waals surface area (Å²) in [5.74, 6) is 2.42. The summed E-state index contributed by atoms with van der Waals surface area (Å²) in [6.07, 6.45) is 15.8. The quantitative estimate of drug-likeness (QED) is 0.559. The van der Waals surface area contributed by atoms with Gasteiger partial charge in [0.25, 0.3) is 0 Å². The maximum absolute atomic E-state index is 11.5. The molecule has 0 bridgehead atoms. The Morgan fingerprint density at radius 3 is 2.55 bits per heavy atom. The number of fused-ring (bicyclic) bond motifs is 5. The van der Waals surface area contributed by atoms with Crippen LogP contribution in [0.4, 0.5) is 0 Å². The predicted octanol–water partition coefficient (Wildman–Crippen LogP) is 6.42. The first-order chi connectivity index (χ1) is 13.6. The molecule has 7 atom stereocenters. The predicted molar refractivity (Wildman–Crippen MR) is 120 cm³/mol.